The maximum absolute atomic E-state index is 10.7. The van der Waals surface area contributed by atoms with E-state index in [9.17, 15) is 9.59 Å². The van der Waals surface area contributed by atoms with E-state index in [1.165, 1.54) is 14.2 Å². The number of hydrogen-bond donors (Lipinski definition) is 0. The molecule has 0 aliphatic carbocycles. The van der Waals surface area contributed by atoms with Crippen LogP contribution in [0.2, 0.25) is 0 Å². The molecule has 0 amide bonds. The minimum Gasteiger partial charge on any atom is -0.469 e. The van der Waals surface area contributed by atoms with Gasteiger partial charge in [-0.15, -0.1) is 0 Å². The minimum absolute atomic E-state index is 0.0238. The van der Waals surface area contributed by atoms with Crippen LogP contribution in [0.1, 0.15) is 12.8 Å². The Labute approximate surface area is 70.6 Å². The highest BCUT2D eigenvalue weighted by atomic mass is 16.7. The van der Waals surface area contributed by atoms with Crippen LogP contribution in [0.15, 0.2) is 0 Å². The molecule has 5 nitrogen and oxygen atoms in total. The maximum Gasteiger partial charge on any atom is 0.308 e. The Balaban J connectivity index is 3.37. The summed E-state index contributed by atoms with van der Waals surface area (Å²) in [4.78, 5) is 21.2. The van der Waals surface area contributed by atoms with Crippen LogP contribution < -0.4 is 0 Å². The Morgan fingerprint density at radius 3 is 2.17 bits per heavy atom. The average molecular weight is 176 g/mol. The van der Waals surface area contributed by atoms with Crippen molar-refractivity contribution in [3.63, 3.8) is 0 Å². The number of ether oxygens (including phenoxy) is 3. The maximum atomic E-state index is 10.7. The van der Waals surface area contributed by atoms with Crippen molar-refractivity contribution in [2.24, 2.45) is 0 Å². The topological polar surface area (TPSA) is 61.8 Å². The van der Waals surface area contributed by atoms with Crippen molar-refractivity contribution in [3.05, 3.63) is 0 Å². The average Bonchev–Trinajstić information content (AvgIpc) is 2.10. The number of rotatable bonds is 5. The molecule has 0 heterocycles. The molecule has 0 saturated heterocycles. The smallest absolute Gasteiger partial charge is 0.308 e. The lowest BCUT2D eigenvalue weighted by atomic mass is 10.3. The number of carbonyl (C=O) groups excluding carboxylic acids is 2. The molecule has 0 atom stereocenters. The number of methoxy groups -OCH3 is 2. The number of carbonyl (C=O) groups is 2. The lowest BCUT2D eigenvalue weighted by molar-refractivity contribution is -0.156. The monoisotopic (exact) mass is 176 g/mol. The summed E-state index contributed by atoms with van der Waals surface area (Å²) in [6.45, 7) is -0.0833. The molecule has 12 heavy (non-hydrogen) atoms. The number of hydrogen-bond acceptors (Lipinski definition) is 5. The molecule has 0 saturated carbocycles. The molecule has 0 bridgehead atoms. The van der Waals surface area contributed by atoms with E-state index in [1.807, 2.05) is 0 Å². The molecule has 0 spiro atoms. The normalized spacial score (nSPS) is 9.17. The van der Waals surface area contributed by atoms with Crippen LogP contribution in [0.5, 0.6) is 0 Å². The summed E-state index contributed by atoms with van der Waals surface area (Å²) in [5.41, 5.74) is 0. The van der Waals surface area contributed by atoms with Gasteiger partial charge in [-0.25, -0.2) is 0 Å². The Hall–Kier alpha value is -1.10. The van der Waals surface area contributed by atoms with Gasteiger partial charge < -0.3 is 14.2 Å². The molecule has 0 aromatic carbocycles. The summed E-state index contributed by atoms with van der Waals surface area (Å²) in [7, 11) is 2.68. The zero-order chi connectivity index (χ0) is 9.40. The van der Waals surface area contributed by atoms with E-state index in [2.05, 4.69) is 14.2 Å². The minimum atomic E-state index is -0.470. The van der Waals surface area contributed by atoms with Crippen LogP contribution in [-0.2, 0) is 23.8 Å². The third-order valence-electron chi connectivity index (χ3n) is 1.10. The second-order valence-electron chi connectivity index (χ2n) is 2.00. The fourth-order valence-electron chi connectivity index (χ4n) is 0.503. The third-order valence-corrected chi connectivity index (χ3v) is 1.10. The molecule has 0 aromatic heterocycles. The first-order valence-electron chi connectivity index (χ1n) is 3.42. The molecule has 0 rings (SSSR count). The van der Waals surface area contributed by atoms with Gasteiger partial charge >= 0.3 is 11.9 Å². The highest BCUT2D eigenvalue weighted by Gasteiger charge is 2.06. The SMILES string of the molecule is COCOC(=O)CCC(=O)OC. The first-order chi connectivity index (χ1) is 5.70. The molecule has 0 N–H and O–H groups in total. The zero-order valence-electron chi connectivity index (χ0n) is 7.16. The molecular formula is C7H12O5. The van der Waals surface area contributed by atoms with E-state index in [0.717, 1.165) is 0 Å². The number of esters is 2. The van der Waals surface area contributed by atoms with Crippen LogP contribution in [0, 0.1) is 0 Å². The Morgan fingerprint density at radius 2 is 1.67 bits per heavy atom. The Morgan fingerprint density at radius 1 is 1.08 bits per heavy atom. The third kappa shape index (κ3) is 5.67. The van der Waals surface area contributed by atoms with E-state index in [0.29, 0.717) is 0 Å². The first kappa shape index (κ1) is 10.9. The molecule has 0 radical (unpaired) electrons. The summed E-state index contributed by atoms with van der Waals surface area (Å²) in [5.74, 6) is -0.897. The summed E-state index contributed by atoms with van der Waals surface area (Å²) < 4.78 is 13.3. The van der Waals surface area contributed by atoms with Gasteiger partial charge in [0.05, 0.1) is 20.0 Å². The van der Waals surface area contributed by atoms with Crippen LogP contribution in [0.4, 0.5) is 0 Å². The van der Waals surface area contributed by atoms with E-state index in [-0.39, 0.29) is 19.6 Å². The fraction of sp³-hybridized carbons (Fsp3) is 0.714. The second-order valence-corrected chi connectivity index (χ2v) is 2.00. The van der Waals surface area contributed by atoms with Gasteiger partial charge in [-0.3, -0.25) is 9.59 Å². The fourth-order valence-corrected chi connectivity index (χ4v) is 0.503. The van der Waals surface area contributed by atoms with Crippen molar-refractivity contribution in [3.8, 4) is 0 Å². The van der Waals surface area contributed by atoms with Gasteiger partial charge in [-0.2, -0.15) is 0 Å². The van der Waals surface area contributed by atoms with Gasteiger partial charge in [-0.05, 0) is 0 Å². The van der Waals surface area contributed by atoms with E-state index < -0.39 is 11.9 Å². The Bertz CT molecular complexity index is 154. The van der Waals surface area contributed by atoms with Crippen molar-refractivity contribution < 1.29 is 23.8 Å². The van der Waals surface area contributed by atoms with Gasteiger partial charge in [0.25, 0.3) is 0 Å². The predicted octanol–water partition coefficient (Wildman–Crippen LogP) is 0.0867. The van der Waals surface area contributed by atoms with Gasteiger partial charge in [0.2, 0.25) is 0 Å². The molecule has 70 valence electrons. The van der Waals surface area contributed by atoms with Gasteiger partial charge in [0.15, 0.2) is 6.79 Å². The molecule has 0 aliphatic heterocycles. The van der Waals surface area contributed by atoms with Gasteiger partial charge in [0.1, 0.15) is 0 Å². The second kappa shape index (κ2) is 6.60. The summed E-state index contributed by atoms with van der Waals surface area (Å²) in [5, 5.41) is 0. The highest BCUT2D eigenvalue weighted by Crippen LogP contribution is 1.94. The van der Waals surface area contributed by atoms with Crippen molar-refractivity contribution in [1.29, 1.82) is 0 Å². The quantitative estimate of drug-likeness (QED) is 0.438. The summed E-state index contributed by atoms with van der Waals surface area (Å²) in [6, 6.07) is 0. The van der Waals surface area contributed by atoms with Crippen LogP contribution >= 0.6 is 0 Å². The van der Waals surface area contributed by atoms with Crippen LogP contribution in [0.25, 0.3) is 0 Å². The van der Waals surface area contributed by atoms with E-state index in [4.69, 9.17) is 0 Å². The molecule has 0 aromatic rings. The van der Waals surface area contributed by atoms with Crippen LogP contribution in [-0.4, -0.2) is 33.0 Å². The van der Waals surface area contributed by atoms with Crippen molar-refractivity contribution in [2.75, 3.05) is 21.0 Å². The lowest BCUT2D eigenvalue weighted by Gasteiger charge is -2.01. The van der Waals surface area contributed by atoms with E-state index in [1.54, 1.807) is 0 Å². The van der Waals surface area contributed by atoms with E-state index >= 15 is 0 Å². The molecule has 0 aliphatic rings. The predicted molar refractivity (Wildman–Crippen MR) is 39.2 cm³/mol. The van der Waals surface area contributed by atoms with Crippen molar-refractivity contribution >= 4 is 11.9 Å². The first-order valence-corrected chi connectivity index (χ1v) is 3.42. The largest absolute Gasteiger partial charge is 0.469 e. The van der Waals surface area contributed by atoms with Crippen molar-refractivity contribution in [2.45, 2.75) is 12.8 Å². The molecular weight excluding hydrogens is 164 g/mol. The van der Waals surface area contributed by atoms with Gasteiger partial charge in [0, 0.05) is 7.11 Å². The standard InChI is InChI=1S/C7H12O5/c1-10-5-12-7(9)4-3-6(8)11-2/h3-5H2,1-2H3. The van der Waals surface area contributed by atoms with Gasteiger partial charge in [-0.1, -0.05) is 0 Å². The Kier molecular flexibility index (Phi) is 6.00. The summed E-state index contributed by atoms with van der Waals surface area (Å²) in [6.07, 6.45) is 0.0646. The lowest BCUT2D eigenvalue weighted by Crippen LogP contribution is -2.10. The molecule has 5 heteroatoms. The van der Waals surface area contributed by atoms with Crippen LogP contribution in [0.3, 0.4) is 0 Å². The summed E-state index contributed by atoms with van der Waals surface area (Å²) >= 11 is 0. The zero-order valence-corrected chi connectivity index (χ0v) is 7.16. The van der Waals surface area contributed by atoms with Crippen molar-refractivity contribution in [1.82, 2.24) is 0 Å². The highest BCUT2D eigenvalue weighted by molar-refractivity contribution is 5.77. The molecule has 0 unspecified atom stereocenters. The molecule has 0 fully saturated rings.